The van der Waals surface area contributed by atoms with Crippen molar-refractivity contribution in [1.82, 2.24) is 20.0 Å². The minimum Gasteiger partial charge on any atom is -0.311 e. The fraction of sp³-hybridized carbons (Fsp3) is 0.824. The maximum Gasteiger partial charge on any atom is 0.0492 e. The Morgan fingerprint density at radius 3 is 2.86 bits per heavy atom. The molecule has 1 aliphatic heterocycles. The third-order valence-electron chi connectivity index (χ3n) is 5.56. The molecule has 2 fully saturated rings. The fourth-order valence-corrected chi connectivity index (χ4v) is 3.66. The van der Waals surface area contributed by atoms with Crippen LogP contribution in [0.5, 0.6) is 0 Å². The second-order valence-corrected chi connectivity index (χ2v) is 7.00. The number of aromatic nitrogens is 2. The van der Waals surface area contributed by atoms with E-state index in [-0.39, 0.29) is 0 Å². The van der Waals surface area contributed by atoms with E-state index in [9.17, 15) is 0 Å². The molecule has 4 nitrogen and oxygen atoms in total. The molecule has 0 aromatic carbocycles. The largest absolute Gasteiger partial charge is 0.311 e. The number of aryl methyl sites for hydroxylation is 1. The van der Waals surface area contributed by atoms with Crippen LogP contribution in [0.4, 0.5) is 0 Å². The lowest BCUT2D eigenvalue weighted by Crippen LogP contribution is -2.59. The SMILES string of the molecule is CCC(C)C1CNC(C2CC2)CN1CCc1ccnn1C. The van der Waals surface area contributed by atoms with E-state index >= 15 is 0 Å². The van der Waals surface area contributed by atoms with Crippen LogP contribution < -0.4 is 5.32 Å². The van der Waals surface area contributed by atoms with Gasteiger partial charge in [-0.15, -0.1) is 0 Å². The Labute approximate surface area is 128 Å². The van der Waals surface area contributed by atoms with E-state index in [1.54, 1.807) is 0 Å². The lowest BCUT2D eigenvalue weighted by Gasteiger charge is -2.43. The highest BCUT2D eigenvalue weighted by molar-refractivity contribution is 5.02. The van der Waals surface area contributed by atoms with Gasteiger partial charge in [0.15, 0.2) is 0 Å². The number of hydrogen-bond acceptors (Lipinski definition) is 3. The molecular formula is C17H30N4. The molecule has 0 radical (unpaired) electrons. The van der Waals surface area contributed by atoms with E-state index in [0.717, 1.165) is 24.3 Å². The fourth-order valence-electron chi connectivity index (χ4n) is 3.66. The molecule has 1 saturated carbocycles. The molecule has 3 unspecified atom stereocenters. The molecule has 1 N–H and O–H groups in total. The van der Waals surface area contributed by atoms with Gasteiger partial charge in [0.05, 0.1) is 0 Å². The molecule has 21 heavy (non-hydrogen) atoms. The molecule has 3 atom stereocenters. The van der Waals surface area contributed by atoms with E-state index in [4.69, 9.17) is 0 Å². The molecule has 1 aliphatic carbocycles. The summed E-state index contributed by atoms with van der Waals surface area (Å²) >= 11 is 0. The van der Waals surface area contributed by atoms with Crippen LogP contribution >= 0.6 is 0 Å². The van der Waals surface area contributed by atoms with Crippen molar-refractivity contribution in [3.8, 4) is 0 Å². The van der Waals surface area contributed by atoms with E-state index in [1.165, 1.54) is 44.6 Å². The van der Waals surface area contributed by atoms with Crippen molar-refractivity contribution >= 4 is 0 Å². The lowest BCUT2D eigenvalue weighted by molar-refractivity contribution is 0.0863. The Bertz CT molecular complexity index is 451. The summed E-state index contributed by atoms with van der Waals surface area (Å²) in [5.74, 6) is 1.71. The van der Waals surface area contributed by atoms with Gasteiger partial charge in [0.2, 0.25) is 0 Å². The van der Waals surface area contributed by atoms with Gasteiger partial charge in [-0.1, -0.05) is 20.3 Å². The van der Waals surface area contributed by atoms with Crippen LogP contribution in [-0.2, 0) is 13.5 Å². The summed E-state index contributed by atoms with van der Waals surface area (Å²) in [4.78, 5) is 2.75. The summed E-state index contributed by atoms with van der Waals surface area (Å²) in [5, 5.41) is 8.11. The van der Waals surface area contributed by atoms with Crippen LogP contribution in [0.2, 0.25) is 0 Å². The molecule has 1 saturated heterocycles. The minimum absolute atomic E-state index is 0.693. The summed E-state index contributed by atoms with van der Waals surface area (Å²) in [7, 11) is 2.05. The zero-order valence-electron chi connectivity index (χ0n) is 13.8. The van der Waals surface area contributed by atoms with Crippen molar-refractivity contribution in [2.45, 2.75) is 51.6 Å². The van der Waals surface area contributed by atoms with Crippen molar-refractivity contribution in [2.75, 3.05) is 19.6 Å². The molecule has 0 bridgehead atoms. The first-order valence-electron chi connectivity index (χ1n) is 8.63. The number of rotatable bonds is 6. The van der Waals surface area contributed by atoms with Gasteiger partial charge < -0.3 is 5.32 Å². The highest BCUT2D eigenvalue weighted by Gasteiger charge is 2.38. The zero-order valence-corrected chi connectivity index (χ0v) is 13.8. The quantitative estimate of drug-likeness (QED) is 0.870. The number of nitrogens with zero attached hydrogens (tertiary/aromatic N) is 3. The third-order valence-corrected chi connectivity index (χ3v) is 5.56. The van der Waals surface area contributed by atoms with Crippen LogP contribution in [0, 0.1) is 11.8 Å². The van der Waals surface area contributed by atoms with Gasteiger partial charge in [0, 0.05) is 57.1 Å². The second-order valence-electron chi connectivity index (χ2n) is 7.00. The molecule has 4 heteroatoms. The summed E-state index contributed by atoms with van der Waals surface area (Å²) in [5.41, 5.74) is 1.35. The van der Waals surface area contributed by atoms with Gasteiger partial charge >= 0.3 is 0 Å². The highest BCUT2D eigenvalue weighted by atomic mass is 15.3. The summed E-state index contributed by atoms with van der Waals surface area (Å²) in [6, 6.07) is 3.58. The molecule has 0 spiro atoms. The van der Waals surface area contributed by atoms with Crippen molar-refractivity contribution in [2.24, 2.45) is 18.9 Å². The van der Waals surface area contributed by atoms with Crippen LogP contribution in [0.15, 0.2) is 12.3 Å². The normalized spacial score (nSPS) is 28.7. The van der Waals surface area contributed by atoms with Gasteiger partial charge in [-0.3, -0.25) is 9.58 Å². The first-order valence-corrected chi connectivity index (χ1v) is 8.63. The average molecular weight is 290 g/mol. The maximum absolute atomic E-state index is 4.29. The van der Waals surface area contributed by atoms with Crippen molar-refractivity contribution < 1.29 is 0 Å². The highest BCUT2D eigenvalue weighted by Crippen LogP contribution is 2.35. The molecular weight excluding hydrogens is 260 g/mol. The van der Waals surface area contributed by atoms with Gasteiger partial charge in [0.25, 0.3) is 0 Å². The van der Waals surface area contributed by atoms with Gasteiger partial charge in [-0.2, -0.15) is 5.10 Å². The van der Waals surface area contributed by atoms with E-state index in [0.29, 0.717) is 6.04 Å². The molecule has 1 aromatic heterocycles. The molecule has 3 rings (SSSR count). The Morgan fingerprint density at radius 1 is 1.43 bits per heavy atom. The number of nitrogens with one attached hydrogen (secondary N) is 1. The van der Waals surface area contributed by atoms with Crippen LogP contribution in [0.1, 0.15) is 38.8 Å². The Morgan fingerprint density at radius 2 is 2.24 bits per heavy atom. The minimum atomic E-state index is 0.693. The third kappa shape index (κ3) is 3.49. The summed E-state index contributed by atoms with van der Waals surface area (Å²) in [6.07, 6.45) is 7.15. The van der Waals surface area contributed by atoms with Crippen LogP contribution in [-0.4, -0.2) is 46.4 Å². The van der Waals surface area contributed by atoms with Crippen LogP contribution in [0.25, 0.3) is 0 Å². The molecule has 2 heterocycles. The molecule has 118 valence electrons. The van der Waals surface area contributed by atoms with E-state index in [1.807, 2.05) is 17.9 Å². The van der Waals surface area contributed by atoms with Crippen molar-refractivity contribution in [3.63, 3.8) is 0 Å². The maximum atomic E-state index is 4.29. The topological polar surface area (TPSA) is 33.1 Å². The van der Waals surface area contributed by atoms with Crippen LogP contribution in [0.3, 0.4) is 0 Å². The smallest absolute Gasteiger partial charge is 0.0492 e. The Balaban J connectivity index is 1.62. The molecule has 1 aromatic rings. The molecule has 0 amide bonds. The first kappa shape index (κ1) is 15.0. The summed E-state index contributed by atoms with van der Waals surface area (Å²) in [6.45, 7) is 8.29. The van der Waals surface area contributed by atoms with E-state index in [2.05, 4.69) is 35.2 Å². The van der Waals surface area contributed by atoms with Crippen molar-refractivity contribution in [1.29, 1.82) is 0 Å². The van der Waals surface area contributed by atoms with Gasteiger partial charge in [-0.05, 0) is 30.7 Å². The summed E-state index contributed by atoms with van der Waals surface area (Å²) < 4.78 is 2.01. The zero-order chi connectivity index (χ0) is 14.8. The molecule has 2 aliphatic rings. The number of hydrogen-bond donors (Lipinski definition) is 1. The second kappa shape index (κ2) is 6.49. The first-order chi connectivity index (χ1) is 10.2. The van der Waals surface area contributed by atoms with Crippen molar-refractivity contribution in [3.05, 3.63) is 18.0 Å². The van der Waals surface area contributed by atoms with Gasteiger partial charge in [0.1, 0.15) is 0 Å². The monoisotopic (exact) mass is 290 g/mol. The predicted octanol–water partition coefficient (Wildman–Crippen LogP) is 2.06. The predicted molar refractivity (Wildman–Crippen MR) is 86.2 cm³/mol. The Kier molecular flexibility index (Phi) is 4.65. The Hall–Kier alpha value is -0.870. The number of piperazine rings is 1. The standard InChI is InChI=1S/C17H30N4/c1-4-13(2)17-11-18-16(14-5-6-14)12-21(17)10-8-15-7-9-19-20(15)3/h7,9,13-14,16-18H,4-6,8,10-12H2,1-3H3. The van der Waals surface area contributed by atoms with Gasteiger partial charge in [-0.25, -0.2) is 0 Å². The lowest BCUT2D eigenvalue weighted by atomic mass is 9.93. The average Bonchev–Trinajstić information content (AvgIpc) is 3.27. The van der Waals surface area contributed by atoms with E-state index < -0.39 is 0 Å².